The van der Waals surface area contributed by atoms with Crippen molar-refractivity contribution in [1.29, 1.82) is 5.26 Å². The molecular formula is C27H40N4O5. The van der Waals surface area contributed by atoms with Gasteiger partial charge in [-0.1, -0.05) is 44.2 Å². The molecule has 1 fully saturated rings. The van der Waals surface area contributed by atoms with Crippen LogP contribution in [0.4, 0.5) is 4.79 Å². The number of nitrogens with one attached hydrogen (secondary N) is 2. The normalized spacial score (nSPS) is 18.2. The Labute approximate surface area is 214 Å². The van der Waals surface area contributed by atoms with Crippen molar-refractivity contribution in [1.82, 2.24) is 15.5 Å². The van der Waals surface area contributed by atoms with E-state index in [1.165, 1.54) is 7.11 Å². The summed E-state index contributed by atoms with van der Waals surface area (Å²) in [6.45, 7) is 9.74. The van der Waals surface area contributed by atoms with Gasteiger partial charge in [-0.3, -0.25) is 10.1 Å². The monoisotopic (exact) mass is 500 g/mol. The lowest BCUT2D eigenvalue weighted by Crippen LogP contribution is -2.58. The summed E-state index contributed by atoms with van der Waals surface area (Å²) in [6.07, 6.45) is 1.44. The number of methoxy groups -OCH3 is 1. The van der Waals surface area contributed by atoms with Crippen molar-refractivity contribution < 1.29 is 23.9 Å². The Morgan fingerprint density at radius 3 is 2.42 bits per heavy atom. The lowest BCUT2D eigenvalue weighted by atomic mass is 9.96. The highest BCUT2D eigenvalue weighted by Gasteiger charge is 2.39. The van der Waals surface area contributed by atoms with Crippen molar-refractivity contribution in [2.75, 3.05) is 13.7 Å². The minimum Gasteiger partial charge on any atom is -0.467 e. The van der Waals surface area contributed by atoms with E-state index in [9.17, 15) is 19.6 Å². The molecule has 198 valence electrons. The lowest BCUT2D eigenvalue weighted by molar-refractivity contribution is -0.151. The quantitative estimate of drug-likeness (QED) is 0.473. The number of nitrogens with zero attached hydrogens (tertiary/aromatic N) is 2. The third-order valence-corrected chi connectivity index (χ3v) is 5.94. The Kier molecular flexibility index (Phi) is 10.7. The van der Waals surface area contributed by atoms with Crippen LogP contribution in [-0.4, -0.2) is 66.3 Å². The fourth-order valence-corrected chi connectivity index (χ4v) is 4.36. The van der Waals surface area contributed by atoms with E-state index in [2.05, 4.69) is 16.7 Å². The number of esters is 1. The SMILES string of the molecule is COC(=O)C1CCCN1C(=O)[C@H](CC(C)C)N[C@@H](C#N)[C@H](Cc1ccccc1)NC(=O)OC(C)(C)C. The van der Waals surface area contributed by atoms with Crippen LogP contribution in [0.5, 0.6) is 0 Å². The first-order chi connectivity index (χ1) is 16.9. The maximum Gasteiger partial charge on any atom is 0.407 e. The first kappa shape index (κ1) is 29.1. The summed E-state index contributed by atoms with van der Waals surface area (Å²) >= 11 is 0. The number of carbonyl (C=O) groups excluding carboxylic acids is 3. The molecule has 1 aromatic carbocycles. The molecule has 0 saturated carbocycles. The molecule has 9 heteroatoms. The molecule has 2 amide bonds. The number of rotatable bonds is 10. The zero-order valence-corrected chi connectivity index (χ0v) is 22.2. The zero-order chi connectivity index (χ0) is 26.9. The van der Waals surface area contributed by atoms with Crippen molar-refractivity contribution in [3.05, 3.63) is 35.9 Å². The summed E-state index contributed by atoms with van der Waals surface area (Å²) in [5, 5.41) is 16.2. The lowest BCUT2D eigenvalue weighted by Gasteiger charge is -2.32. The average Bonchev–Trinajstić information content (AvgIpc) is 3.29. The van der Waals surface area contributed by atoms with E-state index >= 15 is 0 Å². The number of alkyl carbamates (subject to hydrolysis) is 1. The summed E-state index contributed by atoms with van der Waals surface area (Å²) < 4.78 is 10.3. The molecule has 1 aromatic rings. The molecule has 4 atom stereocenters. The summed E-state index contributed by atoms with van der Waals surface area (Å²) in [4.78, 5) is 40.0. The van der Waals surface area contributed by atoms with Crippen LogP contribution in [0.15, 0.2) is 30.3 Å². The van der Waals surface area contributed by atoms with Crippen LogP contribution >= 0.6 is 0 Å². The number of benzene rings is 1. The highest BCUT2D eigenvalue weighted by molar-refractivity contribution is 5.88. The summed E-state index contributed by atoms with van der Waals surface area (Å²) in [7, 11) is 1.31. The smallest absolute Gasteiger partial charge is 0.407 e. The van der Waals surface area contributed by atoms with Gasteiger partial charge in [0.05, 0.1) is 25.3 Å². The molecule has 0 aliphatic carbocycles. The Morgan fingerprint density at radius 2 is 1.86 bits per heavy atom. The second kappa shape index (κ2) is 13.3. The summed E-state index contributed by atoms with van der Waals surface area (Å²) in [5.41, 5.74) is 0.226. The molecule has 36 heavy (non-hydrogen) atoms. The number of amides is 2. The molecular weight excluding hydrogens is 460 g/mol. The Hall–Kier alpha value is -3.12. The second-order valence-corrected chi connectivity index (χ2v) is 10.6. The second-order valence-electron chi connectivity index (χ2n) is 10.6. The van der Waals surface area contributed by atoms with Gasteiger partial charge in [0.25, 0.3) is 0 Å². The van der Waals surface area contributed by atoms with Gasteiger partial charge in [-0.2, -0.15) is 5.26 Å². The standard InChI is InChI=1S/C27H40N4O5/c1-18(2)15-21(24(32)31-14-10-13-23(31)25(33)35-6)29-22(17-28)20(16-19-11-8-7-9-12-19)30-26(34)36-27(3,4)5/h7-9,11-12,18,20-23,29H,10,13-16H2,1-6H3,(H,30,34)/t20-,21-,22-,23?/m0/s1. The molecule has 1 aliphatic rings. The molecule has 9 nitrogen and oxygen atoms in total. The fourth-order valence-electron chi connectivity index (χ4n) is 4.36. The molecule has 2 N–H and O–H groups in total. The first-order valence-corrected chi connectivity index (χ1v) is 12.5. The number of hydrogen-bond donors (Lipinski definition) is 2. The van der Waals surface area contributed by atoms with E-state index in [0.29, 0.717) is 32.2 Å². The molecule has 0 bridgehead atoms. The van der Waals surface area contributed by atoms with Gasteiger partial charge in [0.1, 0.15) is 17.7 Å². The molecule has 0 spiro atoms. The number of likely N-dealkylation sites (tertiary alicyclic amines) is 1. The molecule has 1 saturated heterocycles. The van der Waals surface area contributed by atoms with E-state index in [4.69, 9.17) is 9.47 Å². The van der Waals surface area contributed by atoms with Crippen molar-refractivity contribution >= 4 is 18.0 Å². The van der Waals surface area contributed by atoms with Crippen LogP contribution in [-0.2, 0) is 25.5 Å². The Bertz CT molecular complexity index is 922. The van der Waals surface area contributed by atoms with Gasteiger partial charge < -0.3 is 19.7 Å². The topological polar surface area (TPSA) is 121 Å². The highest BCUT2D eigenvalue weighted by Crippen LogP contribution is 2.22. The van der Waals surface area contributed by atoms with E-state index in [1.54, 1.807) is 25.7 Å². The molecule has 1 unspecified atom stereocenters. The molecule has 1 aliphatic heterocycles. The summed E-state index contributed by atoms with van der Waals surface area (Å²) in [5.74, 6) is -0.529. The third kappa shape index (κ3) is 8.83. The fraction of sp³-hybridized carbons (Fsp3) is 0.630. The minimum absolute atomic E-state index is 0.149. The van der Waals surface area contributed by atoms with Crippen molar-refractivity contribution in [3.63, 3.8) is 0 Å². The average molecular weight is 501 g/mol. The Morgan fingerprint density at radius 1 is 1.19 bits per heavy atom. The molecule has 2 rings (SSSR count). The van der Waals surface area contributed by atoms with E-state index in [1.807, 2.05) is 44.2 Å². The minimum atomic E-state index is -0.885. The predicted molar refractivity (Wildman–Crippen MR) is 136 cm³/mol. The Balaban J connectivity index is 2.29. The van der Waals surface area contributed by atoms with Crippen LogP contribution in [0.1, 0.15) is 59.4 Å². The zero-order valence-electron chi connectivity index (χ0n) is 22.2. The maximum absolute atomic E-state index is 13.6. The van der Waals surface area contributed by atoms with Gasteiger partial charge >= 0.3 is 12.1 Å². The predicted octanol–water partition coefficient (Wildman–Crippen LogP) is 3.18. The van der Waals surface area contributed by atoms with Crippen LogP contribution in [0.25, 0.3) is 0 Å². The van der Waals surface area contributed by atoms with Gasteiger partial charge in [-0.25, -0.2) is 9.59 Å². The van der Waals surface area contributed by atoms with Gasteiger partial charge in [-0.15, -0.1) is 0 Å². The number of carbonyl (C=O) groups is 3. The molecule has 0 radical (unpaired) electrons. The van der Waals surface area contributed by atoms with Crippen LogP contribution < -0.4 is 10.6 Å². The van der Waals surface area contributed by atoms with E-state index < -0.39 is 41.8 Å². The highest BCUT2D eigenvalue weighted by atomic mass is 16.6. The number of ether oxygens (including phenoxy) is 2. The molecule has 1 heterocycles. The van der Waals surface area contributed by atoms with Crippen molar-refractivity contribution in [2.24, 2.45) is 5.92 Å². The largest absolute Gasteiger partial charge is 0.467 e. The van der Waals surface area contributed by atoms with E-state index in [0.717, 1.165) is 5.56 Å². The van der Waals surface area contributed by atoms with E-state index in [-0.39, 0.29) is 11.8 Å². The third-order valence-electron chi connectivity index (χ3n) is 5.94. The number of nitriles is 1. The van der Waals surface area contributed by atoms with Crippen LogP contribution in [0.2, 0.25) is 0 Å². The van der Waals surface area contributed by atoms with Gasteiger partial charge in [0, 0.05) is 6.54 Å². The first-order valence-electron chi connectivity index (χ1n) is 12.5. The van der Waals surface area contributed by atoms with Gasteiger partial charge in [-0.05, 0) is 57.9 Å². The van der Waals surface area contributed by atoms with Crippen LogP contribution in [0, 0.1) is 17.2 Å². The van der Waals surface area contributed by atoms with Gasteiger partial charge in [0.2, 0.25) is 5.91 Å². The number of hydrogen-bond acceptors (Lipinski definition) is 7. The van der Waals surface area contributed by atoms with Crippen molar-refractivity contribution in [3.8, 4) is 6.07 Å². The maximum atomic E-state index is 13.6. The van der Waals surface area contributed by atoms with Crippen LogP contribution in [0.3, 0.4) is 0 Å². The van der Waals surface area contributed by atoms with Crippen molar-refractivity contribution in [2.45, 2.75) is 90.1 Å². The summed E-state index contributed by atoms with van der Waals surface area (Å²) in [6, 6.07) is 8.86. The molecule has 0 aromatic heterocycles. The van der Waals surface area contributed by atoms with Gasteiger partial charge in [0.15, 0.2) is 0 Å².